The van der Waals surface area contributed by atoms with Gasteiger partial charge in [0.15, 0.2) is 0 Å². The molecule has 0 radical (unpaired) electrons. The van der Waals surface area contributed by atoms with E-state index in [-0.39, 0.29) is 17.8 Å². The molecule has 4 aromatic rings. The molecule has 186 valence electrons. The molecule has 2 heterocycles. The molecule has 3 aromatic carbocycles. The molecule has 1 aliphatic heterocycles. The molecule has 37 heavy (non-hydrogen) atoms. The number of ether oxygens (including phenoxy) is 1. The summed E-state index contributed by atoms with van der Waals surface area (Å²) in [6.07, 6.45) is 1.38. The molecule has 3 amide bonds. The third kappa shape index (κ3) is 4.66. The van der Waals surface area contributed by atoms with Crippen molar-refractivity contribution in [2.45, 2.75) is 13.5 Å². The van der Waals surface area contributed by atoms with Gasteiger partial charge in [-0.05, 0) is 55.0 Å². The minimum atomic E-state index is -0.627. The molecule has 0 saturated carbocycles. The number of hydrogen-bond donors (Lipinski definition) is 2. The number of aromatic nitrogens is 2. The molecule has 0 spiro atoms. The standard InChI is InChI=1S/C28H23FN4O4/c1-17-6-12-21(13-7-17)33-26(34)23(25(31-33)19-4-3-5-22(14-19)37-2)15-24-27(35)32(28(36)30-24)16-18-8-10-20(29)11-9-18/h3-15,31H,16H2,1-2H3,(H,30,36)/b24-15-. The van der Waals surface area contributed by atoms with Crippen LogP contribution in [-0.4, -0.2) is 33.7 Å². The second-order valence-electron chi connectivity index (χ2n) is 8.61. The summed E-state index contributed by atoms with van der Waals surface area (Å²) < 4.78 is 20.0. The molecule has 1 fully saturated rings. The number of carbonyl (C=O) groups excluding carboxylic acids is 2. The van der Waals surface area contributed by atoms with Crippen molar-refractivity contribution in [3.63, 3.8) is 0 Å². The summed E-state index contributed by atoms with van der Waals surface area (Å²) in [6.45, 7) is 1.91. The maximum atomic E-state index is 13.6. The van der Waals surface area contributed by atoms with Gasteiger partial charge < -0.3 is 10.1 Å². The number of benzene rings is 3. The van der Waals surface area contributed by atoms with Gasteiger partial charge in [-0.3, -0.25) is 19.6 Å². The Labute approximate surface area is 211 Å². The average Bonchev–Trinajstić information content (AvgIpc) is 3.37. The third-order valence-corrected chi connectivity index (χ3v) is 6.08. The maximum Gasteiger partial charge on any atom is 0.329 e. The molecule has 2 N–H and O–H groups in total. The van der Waals surface area contributed by atoms with Crippen molar-refractivity contribution in [1.82, 2.24) is 20.0 Å². The van der Waals surface area contributed by atoms with E-state index in [9.17, 15) is 18.8 Å². The minimum Gasteiger partial charge on any atom is -0.497 e. The lowest BCUT2D eigenvalue weighted by Crippen LogP contribution is -2.30. The smallest absolute Gasteiger partial charge is 0.329 e. The van der Waals surface area contributed by atoms with Crippen molar-refractivity contribution in [2.75, 3.05) is 7.11 Å². The van der Waals surface area contributed by atoms with Crippen LogP contribution in [0.15, 0.2) is 83.3 Å². The van der Waals surface area contributed by atoms with Gasteiger partial charge >= 0.3 is 6.03 Å². The number of rotatable bonds is 6. The van der Waals surface area contributed by atoms with E-state index in [0.717, 1.165) is 10.5 Å². The Morgan fingerprint density at radius 1 is 0.973 bits per heavy atom. The SMILES string of the molecule is COc1cccc(-c2[nH]n(-c3ccc(C)cc3)c(=O)c2/C=C2\NC(=O)N(Cc3ccc(F)cc3)C2=O)c1. The first-order chi connectivity index (χ1) is 17.8. The number of urea groups is 1. The highest BCUT2D eigenvalue weighted by molar-refractivity contribution is 6.14. The quantitative estimate of drug-likeness (QED) is 0.305. The Morgan fingerprint density at radius 3 is 2.41 bits per heavy atom. The van der Waals surface area contributed by atoms with Gasteiger partial charge in [-0.15, -0.1) is 0 Å². The molecule has 1 saturated heterocycles. The van der Waals surface area contributed by atoms with Crippen LogP contribution in [0.5, 0.6) is 5.75 Å². The first-order valence-electron chi connectivity index (χ1n) is 11.5. The molecule has 0 aliphatic carbocycles. The van der Waals surface area contributed by atoms with Crippen molar-refractivity contribution in [3.8, 4) is 22.7 Å². The predicted molar refractivity (Wildman–Crippen MR) is 137 cm³/mol. The van der Waals surface area contributed by atoms with E-state index in [4.69, 9.17) is 4.74 Å². The number of halogens is 1. The van der Waals surface area contributed by atoms with Crippen LogP contribution in [0.3, 0.4) is 0 Å². The average molecular weight is 499 g/mol. The lowest BCUT2D eigenvalue weighted by Gasteiger charge is -2.11. The van der Waals surface area contributed by atoms with Crippen molar-refractivity contribution in [2.24, 2.45) is 0 Å². The van der Waals surface area contributed by atoms with Gasteiger partial charge in [-0.1, -0.05) is 42.0 Å². The monoisotopic (exact) mass is 498 g/mol. The van der Waals surface area contributed by atoms with Crippen molar-refractivity contribution >= 4 is 18.0 Å². The van der Waals surface area contributed by atoms with E-state index in [1.54, 1.807) is 25.3 Å². The minimum absolute atomic E-state index is 0.0359. The molecule has 5 rings (SSSR count). The number of aryl methyl sites for hydroxylation is 1. The van der Waals surface area contributed by atoms with Crippen molar-refractivity contribution in [1.29, 1.82) is 0 Å². The Bertz CT molecular complexity index is 1580. The second-order valence-corrected chi connectivity index (χ2v) is 8.61. The van der Waals surface area contributed by atoms with Crippen LogP contribution in [0.1, 0.15) is 16.7 Å². The lowest BCUT2D eigenvalue weighted by atomic mass is 10.1. The summed E-state index contributed by atoms with van der Waals surface area (Å²) >= 11 is 0. The summed E-state index contributed by atoms with van der Waals surface area (Å²) in [6, 6.07) is 19.5. The molecule has 1 aliphatic rings. The largest absolute Gasteiger partial charge is 0.497 e. The zero-order valence-corrected chi connectivity index (χ0v) is 20.1. The number of methoxy groups -OCH3 is 1. The van der Waals surface area contributed by atoms with Crippen LogP contribution in [0.25, 0.3) is 23.0 Å². The molecule has 9 heteroatoms. The molecular formula is C28H23FN4O4. The van der Waals surface area contributed by atoms with E-state index in [2.05, 4.69) is 10.4 Å². The number of hydrogen-bond acceptors (Lipinski definition) is 4. The van der Waals surface area contributed by atoms with E-state index in [0.29, 0.717) is 28.3 Å². The van der Waals surface area contributed by atoms with Gasteiger partial charge in [0.25, 0.3) is 11.5 Å². The first kappa shape index (κ1) is 23.8. The van der Waals surface area contributed by atoms with Crippen LogP contribution in [0.4, 0.5) is 9.18 Å². The number of carbonyl (C=O) groups is 2. The van der Waals surface area contributed by atoms with Gasteiger partial charge in [0.2, 0.25) is 0 Å². The summed E-state index contributed by atoms with van der Waals surface area (Å²) in [5.74, 6) is -0.409. The summed E-state index contributed by atoms with van der Waals surface area (Å²) in [7, 11) is 1.55. The Hall–Kier alpha value is -4.92. The number of nitrogens with zero attached hydrogens (tertiary/aromatic N) is 2. The highest BCUT2D eigenvalue weighted by atomic mass is 19.1. The van der Waals surface area contributed by atoms with Crippen molar-refractivity contribution in [3.05, 3.63) is 111 Å². The normalized spacial score (nSPS) is 14.4. The Morgan fingerprint density at radius 2 is 1.70 bits per heavy atom. The topological polar surface area (TPSA) is 96.4 Å². The fraction of sp³-hybridized carbons (Fsp3) is 0.107. The van der Waals surface area contributed by atoms with Crippen LogP contribution in [-0.2, 0) is 11.3 Å². The van der Waals surface area contributed by atoms with Crippen LogP contribution < -0.4 is 15.6 Å². The number of H-pyrrole nitrogens is 1. The molecule has 0 bridgehead atoms. The lowest BCUT2D eigenvalue weighted by molar-refractivity contribution is -0.123. The van der Waals surface area contributed by atoms with Gasteiger partial charge in [0.05, 0.1) is 30.6 Å². The summed E-state index contributed by atoms with van der Waals surface area (Å²) in [4.78, 5) is 40.3. The van der Waals surface area contributed by atoms with Gasteiger partial charge in [-0.25, -0.2) is 13.9 Å². The van der Waals surface area contributed by atoms with E-state index >= 15 is 0 Å². The van der Waals surface area contributed by atoms with E-state index < -0.39 is 23.3 Å². The van der Waals surface area contributed by atoms with Crippen molar-refractivity contribution < 1.29 is 18.7 Å². The highest BCUT2D eigenvalue weighted by Crippen LogP contribution is 2.27. The van der Waals surface area contributed by atoms with E-state index in [1.165, 1.54) is 35.0 Å². The maximum absolute atomic E-state index is 13.6. The zero-order valence-electron chi connectivity index (χ0n) is 20.1. The second kappa shape index (κ2) is 9.62. The summed E-state index contributed by atoms with van der Waals surface area (Å²) in [5.41, 5.74) is 3.12. The molecule has 1 aromatic heterocycles. The number of amides is 3. The zero-order chi connectivity index (χ0) is 26.1. The molecule has 8 nitrogen and oxygen atoms in total. The van der Waals surface area contributed by atoms with Crippen LogP contribution >= 0.6 is 0 Å². The molecular weight excluding hydrogens is 475 g/mol. The van der Waals surface area contributed by atoms with E-state index in [1.807, 2.05) is 37.3 Å². The Balaban J connectivity index is 1.58. The fourth-order valence-electron chi connectivity index (χ4n) is 4.09. The van der Waals surface area contributed by atoms with Gasteiger partial charge in [-0.2, -0.15) is 0 Å². The number of imide groups is 1. The fourth-order valence-corrected chi connectivity index (χ4v) is 4.09. The van der Waals surface area contributed by atoms with Crippen LogP contribution in [0, 0.1) is 12.7 Å². The van der Waals surface area contributed by atoms with Gasteiger partial charge in [0, 0.05) is 5.56 Å². The highest BCUT2D eigenvalue weighted by Gasteiger charge is 2.34. The number of nitrogens with one attached hydrogen (secondary N) is 2. The third-order valence-electron chi connectivity index (χ3n) is 6.08. The van der Waals surface area contributed by atoms with Crippen LogP contribution in [0.2, 0.25) is 0 Å². The molecule has 0 atom stereocenters. The Kier molecular flexibility index (Phi) is 6.19. The number of aromatic amines is 1. The molecule has 0 unspecified atom stereocenters. The first-order valence-corrected chi connectivity index (χ1v) is 11.5. The van der Waals surface area contributed by atoms with Gasteiger partial charge in [0.1, 0.15) is 17.3 Å². The summed E-state index contributed by atoms with van der Waals surface area (Å²) in [5, 5.41) is 5.70. The predicted octanol–water partition coefficient (Wildman–Crippen LogP) is 4.38.